The van der Waals surface area contributed by atoms with Gasteiger partial charge in [-0.15, -0.1) is 0 Å². The van der Waals surface area contributed by atoms with Gasteiger partial charge >= 0.3 is 0 Å². The normalized spacial score (nSPS) is 11.1. The summed E-state index contributed by atoms with van der Waals surface area (Å²) in [5.74, 6) is -0.234. The third-order valence-corrected chi connectivity index (χ3v) is 5.82. The maximum atomic E-state index is 12.9. The van der Waals surface area contributed by atoms with Crippen LogP contribution in [0.2, 0.25) is 0 Å². The number of ether oxygens (including phenoxy) is 1. The Hall–Kier alpha value is -3.41. The number of H-pyrrole nitrogens is 1. The number of para-hydroxylation sites is 1. The Morgan fingerprint density at radius 2 is 1.62 bits per heavy atom. The number of hydrogen-bond donors (Lipinski definition) is 3. The fourth-order valence-electron chi connectivity index (χ4n) is 3.92. The van der Waals surface area contributed by atoms with Gasteiger partial charge in [-0.25, -0.2) is 4.39 Å². The summed E-state index contributed by atoms with van der Waals surface area (Å²) >= 11 is 0. The van der Waals surface area contributed by atoms with E-state index in [1.807, 2.05) is 0 Å². The van der Waals surface area contributed by atoms with Crippen LogP contribution >= 0.6 is 0 Å². The van der Waals surface area contributed by atoms with Crippen molar-refractivity contribution in [2.45, 2.75) is 32.5 Å². The zero-order valence-electron chi connectivity index (χ0n) is 19.4. The van der Waals surface area contributed by atoms with Crippen LogP contribution in [0, 0.1) is 5.82 Å². The topological polar surface area (TPSA) is 49.1 Å². The molecule has 4 rings (SSSR count). The molecule has 0 radical (unpaired) electrons. The van der Waals surface area contributed by atoms with Crippen LogP contribution in [0.4, 0.5) is 4.39 Å². The van der Waals surface area contributed by atoms with Crippen molar-refractivity contribution in [1.29, 1.82) is 0 Å². The SMILES string of the molecule is C=C(COCc1ccc(F)cc1)NCCCc1ccc(CNCc2c[nH]c3ccccc23)cc1. The van der Waals surface area contributed by atoms with Crippen molar-refractivity contribution in [3.8, 4) is 0 Å². The highest BCUT2D eigenvalue weighted by Crippen LogP contribution is 2.17. The molecule has 0 atom stereocenters. The van der Waals surface area contributed by atoms with E-state index in [1.54, 1.807) is 12.1 Å². The highest BCUT2D eigenvalue weighted by molar-refractivity contribution is 5.82. The number of hydrogen-bond acceptors (Lipinski definition) is 3. The zero-order valence-corrected chi connectivity index (χ0v) is 19.4. The molecule has 0 unspecified atom stereocenters. The third-order valence-electron chi connectivity index (χ3n) is 5.82. The molecule has 0 aliphatic carbocycles. The van der Waals surface area contributed by atoms with Crippen molar-refractivity contribution in [1.82, 2.24) is 15.6 Å². The number of benzene rings is 3. The van der Waals surface area contributed by atoms with Gasteiger partial charge in [0.1, 0.15) is 5.82 Å². The van der Waals surface area contributed by atoms with Crippen molar-refractivity contribution in [3.63, 3.8) is 0 Å². The minimum absolute atomic E-state index is 0.234. The summed E-state index contributed by atoms with van der Waals surface area (Å²) < 4.78 is 18.6. The van der Waals surface area contributed by atoms with E-state index in [0.29, 0.717) is 13.2 Å². The lowest BCUT2D eigenvalue weighted by atomic mass is 10.1. The number of aromatic amines is 1. The Bertz CT molecular complexity index is 1180. The van der Waals surface area contributed by atoms with Gasteiger partial charge in [-0.05, 0) is 53.3 Å². The Balaban J connectivity index is 1.09. The molecular weight excluding hydrogens is 425 g/mol. The molecule has 0 saturated carbocycles. The van der Waals surface area contributed by atoms with Crippen LogP contribution in [0.15, 0.2) is 91.3 Å². The highest BCUT2D eigenvalue weighted by Gasteiger charge is 2.03. The predicted octanol–water partition coefficient (Wildman–Crippen LogP) is 5.85. The molecule has 0 bridgehead atoms. The van der Waals surface area contributed by atoms with E-state index < -0.39 is 0 Å². The molecule has 34 heavy (non-hydrogen) atoms. The van der Waals surface area contributed by atoms with Crippen LogP contribution in [0.3, 0.4) is 0 Å². The molecule has 1 heterocycles. The van der Waals surface area contributed by atoms with Gasteiger partial charge in [0.25, 0.3) is 0 Å². The number of aromatic nitrogens is 1. The minimum Gasteiger partial charge on any atom is -0.387 e. The van der Waals surface area contributed by atoms with E-state index >= 15 is 0 Å². The maximum Gasteiger partial charge on any atom is 0.123 e. The van der Waals surface area contributed by atoms with Crippen molar-refractivity contribution in [2.24, 2.45) is 0 Å². The molecule has 0 spiro atoms. The number of aryl methyl sites for hydroxylation is 1. The summed E-state index contributed by atoms with van der Waals surface area (Å²) in [6.07, 6.45) is 4.12. The maximum absolute atomic E-state index is 12.9. The number of fused-ring (bicyclic) bond motifs is 1. The van der Waals surface area contributed by atoms with Gasteiger partial charge in [0.15, 0.2) is 0 Å². The highest BCUT2D eigenvalue weighted by atomic mass is 19.1. The van der Waals surface area contributed by atoms with Crippen LogP contribution in [-0.4, -0.2) is 18.1 Å². The Morgan fingerprint density at radius 1 is 0.882 bits per heavy atom. The standard InChI is InChI=1S/C29H32FN3O/c1-22(20-34-21-25-12-14-27(30)15-13-25)32-16-4-5-23-8-10-24(11-9-23)17-31-18-26-19-33-29-7-3-2-6-28(26)29/h2-3,6-15,19,31-33H,1,4-5,16-18,20-21H2. The van der Waals surface area contributed by atoms with E-state index in [2.05, 4.69) is 76.9 Å². The van der Waals surface area contributed by atoms with E-state index in [1.165, 1.54) is 39.7 Å². The quantitative estimate of drug-likeness (QED) is 0.221. The molecule has 4 nitrogen and oxygen atoms in total. The average molecular weight is 458 g/mol. The average Bonchev–Trinajstić information content (AvgIpc) is 3.27. The summed E-state index contributed by atoms with van der Waals surface area (Å²) in [7, 11) is 0. The fraction of sp³-hybridized carbons (Fsp3) is 0.241. The summed E-state index contributed by atoms with van der Waals surface area (Å²) in [6, 6.07) is 23.6. The van der Waals surface area contributed by atoms with Crippen LogP contribution < -0.4 is 10.6 Å². The van der Waals surface area contributed by atoms with Gasteiger partial charge in [0, 0.05) is 42.4 Å². The summed E-state index contributed by atoms with van der Waals surface area (Å²) in [4.78, 5) is 3.32. The molecule has 3 aromatic carbocycles. The van der Waals surface area contributed by atoms with E-state index in [-0.39, 0.29) is 5.82 Å². The first-order valence-electron chi connectivity index (χ1n) is 11.7. The van der Waals surface area contributed by atoms with E-state index in [9.17, 15) is 4.39 Å². The van der Waals surface area contributed by atoms with Crippen LogP contribution in [-0.2, 0) is 30.9 Å². The van der Waals surface area contributed by atoms with Crippen molar-refractivity contribution in [2.75, 3.05) is 13.2 Å². The molecule has 3 N–H and O–H groups in total. The number of halogens is 1. The van der Waals surface area contributed by atoms with Crippen molar-refractivity contribution < 1.29 is 9.13 Å². The predicted molar refractivity (Wildman–Crippen MR) is 137 cm³/mol. The Kier molecular flexibility index (Phi) is 8.49. The molecule has 1 aromatic heterocycles. The van der Waals surface area contributed by atoms with Crippen molar-refractivity contribution in [3.05, 3.63) is 119 Å². The van der Waals surface area contributed by atoms with E-state index in [4.69, 9.17) is 4.74 Å². The molecule has 0 fully saturated rings. The van der Waals surface area contributed by atoms with Crippen LogP contribution in [0.5, 0.6) is 0 Å². The second-order valence-corrected chi connectivity index (χ2v) is 8.53. The van der Waals surface area contributed by atoms with Gasteiger partial charge in [-0.1, -0.05) is 61.2 Å². The summed E-state index contributed by atoms with van der Waals surface area (Å²) in [5.41, 5.74) is 6.90. The largest absolute Gasteiger partial charge is 0.387 e. The third kappa shape index (κ3) is 7.04. The van der Waals surface area contributed by atoms with Gasteiger partial charge in [0.2, 0.25) is 0 Å². The summed E-state index contributed by atoms with van der Waals surface area (Å²) in [5, 5.41) is 8.14. The number of rotatable bonds is 13. The van der Waals surface area contributed by atoms with Gasteiger partial charge in [-0.3, -0.25) is 0 Å². The number of nitrogens with one attached hydrogen (secondary N) is 3. The van der Waals surface area contributed by atoms with Gasteiger partial charge < -0.3 is 20.4 Å². The van der Waals surface area contributed by atoms with E-state index in [0.717, 1.165) is 43.7 Å². The monoisotopic (exact) mass is 457 g/mol. The first-order valence-corrected chi connectivity index (χ1v) is 11.7. The first-order chi connectivity index (χ1) is 16.7. The molecule has 176 valence electrons. The molecular formula is C29H32FN3O. The second kappa shape index (κ2) is 12.2. The first kappa shape index (κ1) is 23.7. The second-order valence-electron chi connectivity index (χ2n) is 8.53. The molecule has 5 heteroatoms. The Labute approximate surface area is 200 Å². The van der Waals surface area contributed by atoms with Crippen LogP contribution in [0.1, 0.15) is 28.7 Å². The molecule has 4 aromatic rings. The molecule has 0 amide bonds. The Morgan fingerprint density at radius 3 is 2.44 bits per heavy atom. The molecule has 0 saturated heterocycles. The lowest BCUT2D eigenvalue weighted by molar-refractivity contribution is 0.139. The smallest absolute Gasteiger partial charge is 0.123 e. The van der Waals surface area contributed by atoms with Gasteiger partial charge in [-0.2, -0.15) is 0 Å². The minimum atomic E-state index is -0.234. The van der Waals surface area contributed by atoms with Crippen LogP contribution in [0.25, 0.3) is 10.9 Å². The summed E-state index contributed by atoms with van der Waals surface area (Å²) in [6.45, 7) is 7.45. The zero-order chi connectivity index (χ0) is 23.6. The molecule has 0 aliphatic heterocycles. The lowest BCUT2D eigenvalue weighted by Crippen LogP contribution is -2.18. The van der Waals surface area contributed by atoms with Gasteiger partial charge in [0.05, 0.1) is 13.2 Å². The van der Waals surface area contributed by atoms with Crippen molar-refractivity contribution >= 4 is 10.9 Å². The lowest BCUT2D eigenvalue weighted by Gasteiger charge is -2.11. The fourth-order valence-corrected chi connectivity index (χ4v) is 3.92. The molecule has 0 aliphatic rings.